The zero-order valence-corrected chi connectivity index (χ0v) is 49.6. The maximum atomic E-state index is 5.03. The van der Waals surface area contributed by atoms with Gasteiger partial charge >= 0.3 is 0 Å². The lowest BCUT2D eigenvalue weighted by atomic mass is 9.86. The maximum Gasteiger partial charge on any atom is 0.129 e. The lowest BCUT2D eigenvalue weighted by Crippen LogP contribution is -2.10. The number of rotatable bonds is 11. The number of hydrogen-bond donors (Lipinski definition) is 0. The highest BCUT2D eigenvalue weighted by Crippen LogP contribution is 2.44. The van der Waals surface area contributed by atoms with E-state index >= 15 is 0 Å². The van der Waals surface area contributed by atoms with Crippen LogP contribution in [0.25, 0.3) is 116 Å². The molecule has 0 N–H and O–H groups in total. The monoisotopic (exact) mass is 1110 g/mol. The molecule has 0 spiro atoms. The highest BCUT2D eigenvalue weighted by molar-refractivity contribution is 7.00. The third-order valence-electron chi connectivity index (χ3n) is 16.9. The van der Waals surface area contributed by atoms with Gasteiger partial charge in [0.2, 0.25) is 0 Å². The number of benzene rings is 12. The van der Waals surface area contributed by atoms with Crippen molar-refractivity contribution in [3.63, 3.8) is 0 Å². The van der Waals surface area contributed by atoms with Crippen molar-refractivity contribution >= 4 is 61.6 Å². The molecule has 85 heavy (non-hydrogen) atoms. The van der Waals surface area contributed by atoms with E-state index in [1.54, 1.807) is 0 Å². The molecule has 14 aromatic rings. The van der Waals surface area contributed by atoms with Gasteiger partial charge in [0.25, 0.3) is 0 Å². The summed E-state index contributed by atoms with van der Waals surface area (Å²) in [5, 5.41) is 2.41. The molecule has 2 aromatic heterocycles. The van der Waals surface area contributed by atoms with E-state index < -0.39 is 0 Å². The summed E-state index contributed by atoms with van der Waals surface area (Å²) in [4.78, 5) is 2.31. The first-order chi connectivity index (χ1) is 41.4. The van der Waals surface area contributed by atoms with Crippen molar-refractivity contribution in [2.75, 3.05) is 4.90 Å². The average Bonchev–Trinajstić information content (AvgIpc) is 2.73. The van der Waals surface area contributed by atoms with E-state index in [1.165, 1.54) is 89.3 Å². The predicted octanol–water partition coefficient (Wildman–Crippen LogP) is 22.5. The molecule has 0 fully saturated rings. The van der Waals surface area contributed by atoms with Gasteiger partial charge in [0.1, 0.15) is 11.0 Å². The highest BCUT2D eigenvalue weighted by atomic mass is 32.1. The first kappa shape index (κ1) is 53.1. The third-order valence-corrected chi connectivity index (χ3v) is 17.4. The minimum atomic E-state index is 0.110. The van der Waals surface area contributed by atoms with Crippen LogP contribution in [0, 0.1) is 0 Å². The summed E-state index contributed by atoms with van der Waals surface area (Å²) in [5.74, 6) is 0. The first-order valence-electron chi connectivity index (χ1n) is 29.4. The summed E-state index contributed by atoms with van der Waals surface area (Å²) in [6, 6.07) is 102. The van der Waals surface area contributed by atoms with Crippen LogP contribution in [0.4, 0.5) is 17.1 Å². The van der Waals surface area contributed by atoms with Gasteiger partial charge in [-0.3, -0.25) is 0 Å². The summed E-state index contributed by atoms with van der Waals surface area (Å²) in [6.07, 6.45) is 0. The molecule has 2 heterocycles. The second-order valence-corrected chi connectivity index (χ2v) is 24.9. The van der Waals surface area contributed by atoms with E-state index in [2.05, 4.69) is 330 Å². The Kier molecular flexibility index (Phi) is 13.5. The average molecular weight is 1110 g/mol. The fourth-order valence-electron chi connectivity index (χ4n) is 12.0. The molecule has 0 bridgehead atoms. The van der Waals surface area contributed by atoms with E-state index in [1.807, 2.05) is 0 Å². The van der Waals surface area contributed by atoms with Crippen LogP contribution in [0.1, 0.15) is 52.7 Å². The molecular formula is C80H64N4S. The first-order valence-corrected chi connectivity index (χ1v) is 30.1. The fraction of sp³-hybridized carbons (Fsp3) is 0.100. The van der Waals surface area contributed by atoms with Crippen molar-refractivity contribution in [3.8, 4) is 83.6 Å². The van der Waals surface area contributed by atoms with Crippen molar-refractivity contribution in [1.29, 1.82) is 0 Å². The van der Waals surface area contributed by atoms with Crippen molar-refractivity contribution in [1.82, 2.24) is 13.3 Å². The zero-order chi connectivity index (χ0) is 57.8. The van der Waals surface area contributed by atoms with Gasteiger partial charge in [0.05, 0.1) is 28.4 Å². The highest BCUT2D eigenvalue weighted by Gasteiger charge is 2.22. The molecule has 0 saturated heterocycles. The smallest absolute Gasteiger partial charge is 0.129 e. The maximum absolute atomic E-state index is 5.03. The Morgan fingerprint density at radius 2 is 0.635 bits per heavy atom. The van der Waals surface area contributed by atoms with Crippen LogP contribution < -0.4 is 4.90 Å². The number of hydrogen-bond acceptors (Lipinski definition) is 4. The van der Waals surface area contributed by atoms with Crippen LogP contribution in [0.15, 0.2) is 279 Å². The molecule has 0 aliphatic carbocycles. The molecule has 0 radical (unpaired) electrons. The molecule has 0 unspecified atom stereocenters. The zero-order valence-electron chi connectivity index (χ0n) is 48.8. The predicted molar refractivity (Wildman–Crippen MR) is 362 cm³/mol. The van der Waals surface area contributed by atoms with Crippen molar-refractivity contribution in [2.24, 2.45) is 0 Å². The van der Waals surface area contributed by atoms with Gasteiger partial charge in [0, 0.05) is 33.4 Å². The topological polar surface area (TPSA) is 34.0 Å². The standard InChI is InChI=1S/C80H64N4S/c1-79(2,3)66-37-25-57(26-38-66)55-17-21-61(22-18-55)64-35-48-74-72(51-64)73-52-65(62-23-19-56(20-24-62)58-27-39-67(40-28-58)80(4,5)6)36-49-75(73)84(74)70-45-33-63(34-46-70)71-47-50-76(78-77(71)81-85-82-78)83(68-41-29-59(30-42-68)53-13-9-7-10-14-53)69-43-31-60(32-44-69)54-15-11-8-12-16-54/h7-52H,1-6H3. The van der Waals surface area contributed by atoms with Crippen LogP contribution >= 0.6 is 11.7 Å². The van der Waals surface area contributed by atoms with Gasteiger partial charge in [-0.25, -0.2) is 0 Å². The number of nitrogens with zero attached hydrogens (tertiary/aromatic N) is 4. The van der Waals surface area contributed by atoms with Crippen LogP contribution in [0.2, 0.25) is 0 Å². The summed E-state index contributed by atoms with van der Waals surface area (Å²) in [6.45, 7) is 13.6. The van der Waals surface area contributed by atoms with Gasteiger partial charge in [0.15, 0.2) is 0 Å². The van der Waals surface area contributed by atoms with Crippen LogP contribution in [-0.2, 0) is 10.8 Å². The Morgan fingerprint density at radius 1 is 0.306 bits per heavy atom. The third kappa shape index (κ3) is 10.3. The van der Waals surface area contributed by atoms with Gasteiger partial charge in [-0.15, -0.1) is 0 Å². The quantitative estimate of drug-likeness (QED) is 0.129. The Morgan fingerprint density at radius 3 is 1.04 bits per heavy atom. The second kappa shape index (κ2) is 21.7. The molecule has 410 valence electrons. The molecule has 0 saturated carbocycles. The molecule has 5 heteroatoms. The molecule has 12 aromatic carbocycles. The number of aromatic nitrogens is 3. The lowest BCUT2D eigenvalue weighted by molar-refractivity contribution is 0.590. The van der Waals surface area contributed by atoms with Gasteiger partial charge in [-0.2, -0.15) is 8.75 Å². The van der Waals surface area contributed by atoms with Crippen molar-refractivity contribution in [3.05, 3.63) is 290 Å². The summed E-state index contributed by atoms with van der Waals surface area (Å²) < 4.78 is 12.5. The second-order valence-electron chi connectivity index (χ2n) is 24.4. The fourth-order valence-corrected chi connectivity index (χ4v) is 12.6. The minimum Gasteiger partial charge on any atom is -0.309 e. The van der Waals surface area contributed by atoms with E-state index in [-0.39, 0.29) is 10.8 Å². The lowest BCUT2D eigenvalue weighted by Gasteiger charge is -2.26. The largest absolute Gasteiger partial charge is 0.309 e. The summed E-state index contributed by atoms with van der Waals surface area (Å²) in [5.41, 5.74) is 27.5. The van der Waals surface area contributed by atoms with E-state index in [4.69, 9.17) is 8.75 Å². The molecular weight excluding hydrogens is 1050 g/mol. The molecule has 0 atom stereocenters. The molecule has 0 amide bonds. The Hall–Kier alpha value is -9.94. The van der Waals surface area contributed by atoms with Crippen molar-refractivity contribution in [2.45, 2.75) is 52.4 Å². The molecule has 0 aliphatic rings. The summed E-state index contributed by atoms with van der Waals surface area (Å²) in [7, 11) is 0. The molecule has 4 nitrogen and oxygen atoms in total. The SMILES string of the molecule is CC(C)(C)c1ccc(-c2ccc(-c3ccc4c(c3)c3cc(-c5ccc(-c6ccc(C(C)(C)C)cc6)cc5)ccc3n4-c3ccc(-c4ccc(N(c5ccc(-c6ccccc6)cc5)c5ccc(-c6ccccc6)cc5)c5nsnc45)cc3)cc2)cc1. The van der Waals surface area contributed by atoms with Gasteiger partial charge < -0.3 is 9.47 Å². The minimum absolute atomic E-state index is 0.110. The molecule has 0 aliphatic heterocycles. The van der Waals surface area contributed by atoms with Crippen LogP contribution in [-0.4, -0.2) is 13.3 Å². The van der Waals surface area contributed by atoms with Crippen LogP contribution in [0.5, 0.6) is 0 Å². The van der Waals surface area contributed by atoms with Crippen LogP contribution in [0.3, 0.4) is 0 Å². The number of fused-ring (bicyclic) bond motifs is 4. The van der Waals surface area contributed by atoms with Gasteiger partial charge in [-0.1, -0.05) is 248 Å². The number of anilines is 3. The van der Waals surface area contributed by atoms with E-state index in [0.717, 1.165) is 67.1 Å². The van der Waals surface area contributed by atoms with E-state index in [0.29, 0.717) is 0 Å². The van der Waals surface area contributed by atoms with Gasteiger partial charge in [-0.05, 0) is 167 Å². The summed E-state index contributed by atoms with van der Waals surface area (Å²) >= 11 is 1.26. The van der Waals surface area contributed by atoms with E-state index in [9.17, 15) is 0 Å². The normalized spacial score (nSPS) is 11.9. The molecule has 14 rings (SSSR count). The Bertz CT molecular complexity index is 4440. The Labute approximate surface area is 503 Å². The Balaban J connectivity index is 0.827. The van der Waals surface area contributed by atoms with Crippen molar-refractivity contribution < 1.29 is 0 Å².